The van der Waals surface area contributed by atoms with Crippen LogP contribution in [0.15, 0.2) is 0 Å². The maximum Gasteiger partial charge on any atom is 0.214 e. The summed E-state index contributed by atoms with van der Waals surface area (Å²) in [6.45, 7) is 5.46. The zero-order valence-corrected chi connectivity index (χ0v) is 12.7. The normalized spacial score (nSPS) is 19.8. The molecule has 19 heavy (non-hydrogen) atoms. The number of hydrogen-bond acceptors (Lipinski definition) is 5. The van der Waals surface area contributed by atoms with Crippen LogP contribution in [0.3, 0.4) is 0 Å². The van der Waals surface area contributed by atoms with Crippen molar-refractivity contribution in [2.75, 3.05) is 32.0 Å². The third-order valence-corrected chi connectivity index (χ3v) is 5.43. The second-order valence-corrected chi connectivity index (χ2v) is 7.96. The first-order valence-electron chi connectivity index (χ1n) is 6.86. The Kier molecular flexibility index (Phi) is 6.19. The zero-order valence-electron chi connectivity index (χ0n) is 11.9. The minimum absolute atomic E-state index is 0.0315. The lowest BCUT2D eigenvalue weighted by Crippen LogP contribution is -2.45. The molecular weight excluding hydrogens is 266 g/mol. The number of aliphatic hydroxyl groups is 1. The Morgan fingerprint density at radius 2 is 1.95 bits per heavy atom. The van der Waals surface area contributed by atoms with Crippen LogP contribution in [0.4, 0.5) is 0 Å². The summed E-state index contributed by atoms with van der Waals surface area (Å²) in [6, 6.07) is 0.137. The van der Waals surface area contributed by atoms with E-state index < -0.39 is 10.0 Å². The molecule has 0 radical (unpaired) electrons. The van der Waals surface area contributed by atoms with Gasteiger partial charge in [0.1, 0.15) is 0 Å². The van der Waals surface area contributed by atoms with E-state index in [0.717, 1.165) is 12.8 Å². The molecule has 1 heterocycles. The fourth-order valence-corrected chi connectivity index (χ4v) is 3.55. The fraction of sp³-hybridized carbons (Fsp3) is 1.00. The van der Waals surface area contributed by atoms with Crippen LogP contribution in [0, 0.1) is 0 Å². The van der Waals surface area contributed by atoms with Gasteiger partial charge in [0.05, 0.1) is 12.4 Å². The lowest BCUT2D eigenvalue weighted by molar-refractivity contribution is 0.189. The van der Waals surface area contributed by atoms with Gasteiger partial charge >= 0.3 is 0 Å². The van der Waals surface area contributed by atoms with Crippen molar-refractivity contribution in [3.05, 3.63) is 0 Å². The van der Waals surface area contributed by atoms with Crippen LogP contribution in [0.2, 0.25) is 0 Å². The van der Waals surface area contributed by atoms with Gasteiger partial charge in [0.2, 0.25) is 10.0 Å². The minimum Gasteiger partial charge on any atom is -0.394 e. The summed E-state index contributed by atoms with van der Waals surface area (Å²) in [6.07, 6.45) is 2.04. The average molecular weight is 293 g/mol. The summed E-state index contributed by atoms with van der Waals surface area (Å²) >= 11 is 0. The van der Waals surface area contributed by atoms with Gasteiger partial charge in [-0.05, 0) is 39.7 Å². The van der Waals surface area contributed by atoms with Crippen molar-refractivity contribution >= 4 is 10.0 Å². The minimum atomic E-state index is -3.16. The lowest BCUT2D eigenvalue weighted by Gasteiger charge is -2.29. The van der Waals surface area contributed by atoms with Crippen molar-refractivity contribution < 1.29 is 13.5 Å². The van der Waals surface area contributed by atoms with Gasteiger partial charge in [0.25, 0.3) is 0 Å². The number of nitrogens with two attached hydrogens (primary N) is 1. The molecule has 0 aromatic carbocycles. The van der Waals surface area contributed by atoms with Crippen LogP contribution in [-0.4, -0.2) is 61.4 Å². The van der Waals surface area contributed by atoms with E-state index in [9.17, 15) is 8.42 Å². The Hall–Kier alpha value is -0.210. The molecule has 4 N–H and O–H groups in total. The number of aliphatic hydroxyl groups excluding tert-OH is 1. The van der Waals surface area contributed by atoms with Crippen LogP contribution in [0.5, 0.6) is 0 Å². The van der Waals surface area contributed by atoms with Gasteiger partial charge in [-0.15, -0.1) is 0 Å². The Morgan fingerprint density at radius 1 is 1.37 bits per heavy atom. The Bertz CT molecular complexity index is 362. The highest BCUT2D eigenvalue weighted by atomic mass is 32.2. The van der Waals surface area contributed by atoms with Crippen molar-refractivity contribution in [2.45, 2.75) is 44.7 Å². The second kappa shape index (κ2) is 6.99. The summed E-state index contributed by atoms with van der Waals surface area (Å²) in [7, 11) is -3.16. The highest BCUT2D eigenvalue weighted by molar-refractivity contribution is 7.89. The van der Waals surface area contributed by atoms with Crippen LogP contribution < -0.4 is 11.1 Å². The number of nitrogens with one attached hydrogen (secondary N) is 1. The molecule has 1 aliphatic heterocycles. The highest BCUT2D eigenvalue weighted by Gasteiger charge is 2.26. The van der Waals surface area contributed by atoms with Gasteiger partial charge < -0.3 is 16.2 Å². The number of nitrogens with zero attached hydrogens (tertiary/aromatic N) is 1. The van der Waals surface area contributed by atoms with Crippen molar-refractivity contribution in [3.8, 4) is 0 Å². The Morgan fingerprint density at radius 3 is 2.47 bits per heavy atom. The van der Waals surface area contributed by atoms with E-state index in [1.807, 2.05) is 13.8 Å². The van der Waals surface area contributed by atoms with E-state index in [1.54, 1.807) is 4.31 Å². The van der Waals surface area contributed by atoms with Crippen molar-refractivity contribution in [2.24, 2.45) is 5.73 Å². The molecule has 1 saturated heterocycles. The van der Waals surface area contributed by atoms with Crippen LogP contribution >= 0.6 is 0 Å². The molecule has 0 bridgehead atoms. The summed E-state index contributed by atoms with van der Waals surface area (Å²) in [5.41, 5.74) is 5.41. The van der Waals surface area contributed by atoms with Gasteiger partial charge in [-0.25, -0.2) is 12.7 Å². The first kappa shape index (κ1) is 16.8. The third kappa shape index (κ3) is 5.74. The highest BCUT2D eigenvalue weighted by Crippen LogP contribution is 2.13. The molecule has 0 aromatic heterocycles. The molecule has 0 saturated carbocycles. The van der Waals surface area contributed by atoms with Crippen LogP contribution in [0.25, 0.3) is 0 Å². The van der Waals surface area contributed by atoms with Crippen molar-refractivity contribution in [3.63, 3.8) is 0 Å². The van der Waals surface area contributed by atoms with Crippen LogP contribution in [0.1, 0.15) is 33.1 Å². The molecule has 1 fully saturated rings. The number of piperidine rings is 1. The molecule has 0 aliphatic carbocycles. The fourth-order valence-electron chi connectivity index (χ4n) is 2.02. The summed E-state index contributed by atoms with van der Waals surface area (Å²) in [5.74, 6) is 0.150. The van der Waals surface area contributed by atoms with Crippen molar-refractivity contribution in [1.82, 2.24) is 9.62 Å². The van der Waals surface area contributed by atoms with E-state index in [1.165, 1.54) is 0 Å². The molecule has 0 aromatic rings. The number of rotatable bonds is 7. The third-order valence-electron chi connectivity index (χ3n) is 3.47. The summed E-state index contributed by atoms with van der Waals surface area (Å²) in [4.78, 5) is 0. The predicted octanol–water partition coefficient (Wildman–Crippen LogP) is -0.510. The largest absolute Gasteiger partial charge is 0.394 e. The van der Waals surface area contributed by atoms with Crippen molar-refractivity contribution in [1.29, 1.82) is 0 Å². The van der Waals surface area contributed by atoms with E-state index in [2.05, 4.69) is 5.32 Å². The topological polar surface area (TPSA) is 95.7 Å². The molecular formula is C12H27N3O3S. The lowest BCUT2D eigenvalue weighted by atomic mass is 10.1. The Balaban J connectivity index is 2.31. The molecule has 0 spiro atoms. The first-order valence-corrected chi connectivity index (χ1v) is 8.47. The molecule has 6 nitrogen and oxygen atoms in total. The summed E-state index contributed by atoms with van der Waals surface area (Å²) in [5, 5.41) is 12.2. The van der Waals surface area contributed by atoms with E-state index >= 15 is 0 Å². The zero-order chi connectivity index (χ0) is 14.5. The predicted molar refractivity (Wildman–Crippen MR) is 76.4 cm³/mol. The number of sulfonamides is 1. The maximum atomic E-state index is 12.1. The van der Waals surface area contributed by atoms with Gasteiger partial charge in [0, 0.05) is 24.7 Å². The monoisotopic (exact) mass is 293 g/mol. The molecule has 7 heteroatoms. The standard InChI is InChI=1S/C12H27N3O3S/c1-12(2,10-16)14-6-3-9-19(17,18)15-7-4-11(13)5-8-15/h11,14,16H,3-10,13H2,1-2H3. The smallest absolute Gasteiger partial charge is 0.214 e. The molecule has 0 unspecified atom stereocenters. The first-order chi connectivity index (χ1) is 8.77. The average Bonchev–Trinajstić information content (AvgIpc) is 2.35. The molecule has 1 aliphatic rings. The number of hydrogen-bond donors (Lipinski definition) is 3. The molecule has 1 rings (SSSR count). The molecule has 0 amide bonds. The Labute approximate surface area is 116 Å². The summed E-state index contributed by atoms with van der Waals surface area (Å²) < 4.78 is 25.7. The maximum absolute atomic E-state index is 12.1. The second-order valence-electron chi connectivity index (χ2n) is 5.87. The van der Waals surface area contributed by atoms with Gasteiger partial charge in [-0.2, -0.15) is 0 Å². The van der Waals surface area contributed by atoms with Crippen LogP contribution in [-0.2, 0) is 10.0 Å². The quantitative estimate of drug-likeness (QED) is 0.550. The molecule has 114 valence electrons. The van der Waals surface area contributed by atoms with E-state index in [0.29, 0.717) is 26.1 Å². The SMILES string of the molecule is CC(C)(CO)NCCCS(=O)(=O)N1CCC(N)CC1. The van der Waals surface area contributed by atoms with Gasteiger partial charge in [0.15, 0.2) is 0 Å². The van der Waals surface area contributed by atoms with E-state index in [-0.39, 0.29) is 23.9 Å². The molecule has 0 atom stereocenters. The van der Waals surface area contributed by atoms with Gasteiger partial charge in [-0.1, -0.05) is 0 Å². The van der Waals surface area contributed by atoms with E-state index in [4.69, 9.17) is 10.8 Å². The van der Waals surface area contributed by atoms with Gasteiger partial charge in [-0.3, -0.25) is 0 Å².